The molecule has 0 saturated carbocycles. The first kappa shape index (κ1) is 49.1. The molecule has 0 aromatic rings. The third-order valence-electron chi connectivity index (χ3n) is 7.11. The van der Waals surface area contributed by atoms with Gasteiger partial charge in [0.2, 0.25) is 0 Å². The van der Waals surface area contributed by atoms with E-state index in [9.17, 15) is 4.79 Å². The Morgan fingerprint density at radius 3 is 0.860 bits per heavy atom. The summed E-state index contributed by atoms with van der Waals surface area (Å²) in [5.74, 6) is -0.261. The lowest BCUT2D eigenvalue weighted by Gasteiger charge is -2.19. The van der Waals surface area contributed by atoms with Crippen molar-refractivity contribution in [1.29, 1.82) is 0 Å². The average Bonchev–Trinajstić information content (AvgIpc) is 3.08. The molecule has 0 amide bonds. The number of ether oxygens (including phenoxy) is 11. The first-order valence-electron chi connectivity index (χ1n) is 19.4. The maximum atomic E-state index is 11.6. The second-order valence-electron chi connectivity index (χ2n) is 13.0. The highest BCUT2D eigenvalue weighted by atomic mass is 16.6. The van der Waals surface area contributed by atoms with Gasteiger partial charge in [-0.3, -0.25) is 4.79 Å². The molecule has 0 bridgehead atoms. The van der Waals surface area contributed by atoms with E-state index in [1.807, 2.05) is 20.8 Å². The van der Waals surface area contributed by atoms with E-state index in [4.69, 9.17) is 52.1 Å². The zero-order chi connectivity index (χ0) is 36.5. The number of unbranched alkanes of at least 4 members (excludes halogenated alkanes) is 10. The molecular weight excluding hydrogens is 648 g/mol. The minimum atomic E-state index is -0.470. The second-order valence-corrected chi connectivity index (χ2v) is 13.0. The van der Waals surface area contributed by atoms with Gasteiger partial charge in [0.15, 0.2) is 0 Å². The molecule has 0 aliphatic carbocycles. The van der Waals surface area contributed by atoms with Crippen LogP contribution in [0.5, 0.6) is 0 Å². The molecule has 0 atom stereocenters. The fraction of sp³-hybridized carbons (Fsp3) is 0.974. The minimum Gasteiger partial charge on any atom is -0.460 e. The van der Waals surface area contributed by atoms with Crippen molar-refractivity contribution in [3.63, 3.8) is 0 Å². The molecular formula is C38H76O12. The Hall–Kier alpha value is -0.930. The predicted octanol–water partition coefficient (Wildman–Crippen LogP) is 6.20. The van der Waals surface area contributed by atoms with Crippen LogP contribution in [-0.2, 0) is 56.9 Å². The van der Waals surface area contributed by atoms with Crippen molar-refractivity contribution in [2.45, 2.75) is 110 Å². The molecule has 12 nitrogen and oxygen atoms in total. The zero-order valence-corrected chi connectivity index (χ0v) is 32.5. The fourth-order valence-corrected chi connectivity index (χ4v) is 4.50. The van der Waals surface area contributed by atoms with Gasteiger partial charge in [0.25, 0.3) is 0 Å². The van der Waals surface area contributed by atoms with Gasteiger partial charge in [-0.05, 0) is 27.2 Å². The smallest absolute Gasteiger partial charge is 0.308 e. The highest BCUT2D eigenvalue weighted by Crippen LogP contribution is 2.11. The van der Waals surface area contributed by atoms with Crippen LogP contribution < -0.4 is 0 Å². The van der Waals surface area contributed by atoms with Crippen LogP contribution in [-0.4, -0.2) is 144 Å². The average molecular weight is 725 g/mol. The molecule has 0 unspecified atom stereocenters. The first-order chi connectivity index (χ1) is 24.5. The number of esters is 1. The summed E-state index contributed by atoms with van der Waals surface area (Å²) in [6, 6.07) is 0. The Morgan fingerprint density at radius 2 is 0.580 bits per heavy atom. The van der Waals surface area contributed by atoms with E-state index in [2.05, 4.69) is 6.92 Å². The van der Waals surface area contributed by atoms with E-state index in [1.165, 1.54) is 64.2 Å². The molecule has 0 radical (unpaired) electrons. The van der Waals surface area contributed by atoms with Crippen LogP contribution in [0.2, 0.25) is 0 Å². The van der Waals surface area contributed by atoms with Crippen molar-refractivity contribution in [1.82, 2.24) is 0 Å². The van der Waals surface area contributed by atoms with Crippen LogP contribution >= 0.6 is 0 Å². The van der Waals surface area contributed by atoms with Crippen LogP contribution in [0.25, 0.3) is 0 Å². The highest BCUT2D eigenvalue weighted by molar-refractivity contribution is 5.69. The van der Waals surface area contributed by atoms with Crippen molar-refractivity contribution in [3.8, 4) is 0 Å². The Morgan fingerprint density at radius 1 is 0.340 bits per heavy atom. The molecule has 0 fully saturated rings. The highest BCUT2D eigenvalue weighted by Gasteiger charge is 2.15. The lowest BCUT2D eigenvalue weighted by molar-refractivity contribution is -0.156. The normalized spacial score (nSPS) is 11.8. The third-order valence-corrected chi connectivity index (χ3v) is 7.11. The van der Waals surface area contributed by atoms with Gasteiger partial charge in [-0.25, -0.2) is 0 Å². The van der Waals surface area contributed by atoms with Gasteiger partial charge in [-0.2, -0.15) is 0 Å². The standard InChI is InChI=1S/C38H76O12/c1-5-6-7-8-9-10-11-12-13-14-15-17-40-19-21-42-23-25-44-27-29-46-31-33-48-35-36-49-34-32-47-30-28-45-26-24-43-22-20-41-18-16-37(39)50-38(2,3)4/h5-36H2,1-4H3. The van der Waals surface area contributed by atoms with Crippen LogP contribution in [0.4, 0.5) is 0 Å². The van der Waals surface area contributed by atoms with Crippen molar-refractivity contribution in [2.75, 3.05) is 132 Å². The van der Waals surface area contributed by atoms with Gasteiger partial charge < -0.3 is 52.1 Å². The molecule has 0 rings (SSSR count). The molecule has 0 aliphatic rings. The maximum absolute atomic E-state index is 11.6. The van der Waals surface area contributed by atoms with Crippen LogP contribution in [0, 0.1) is 0 Å². The summed E-state index contributed by atoms with van der Waals surface area (Å²) in [5, 5.41) is 0. The zero-order valence-electron chi connectivity index (χ0n) is 32.5. The van der Waals surface area contributed by atoms with E-state index >= 15 is 0 Å². The summed E-state index contributed by atoms with van der Waals surface area (Å²) in [5.41, 5.74) is -0.470. The van der Waals surface area contributed by atoms with E-state index in [0.717, 1.165) is 13.0 Å². The third kappa shape index (κ3) is 45.1. The largest absolute Gasteiger partial charge is 0.460 e. The SMILES string of the molecule is CCCCCCCCCCCCCOCCOCCOCCOCCOCCOCCOCCOCCOCCOCCC(=O)OC(C)(C)C. The van der Waals surface area contributed by atoms with E-state index in [-0.39, 0.29) is 12.4 Å². The fourth-order valence-electron chi connectivity index (χ4n) is 4.50. The summed E-state index contributed by atoms with van der Waals surface area (Å²) in [7, 11) is 0. The number of hydrogen-bond donors (Lipinski definition) is 0. The van der Waals surface area contributed by atoms with Crippen molar-refractivity contribution < 1.29 is 56.9 Å². The predicted molar refractivity (Wildman–Crippen MR) is 195 cm³/mol. The van der Waals surface area contributed by atoms with Gasteiger partial charge in [0, 0.05) is 6.61 Å². The van der Waals surface area contributed by atoms with Crippen molar-refractivity contribution >= 4 is 5.97 Å². The number of hydrogen-bond acceptors (Lipinski definition) is 12. The van der Waals surface area contributed by atoms with E-state index in [0.29, 0.717) is 126 Å². The summed E-state index contributed by atoms with van der Waals surface area (Å²) < 4.78 is 60.2. The van der Waals surface area contributed by atoms with Crippen molar-refractivity contribution in [2.24, 2.45) is 0 Å². The topological polar surface area (TPSA) is 119 Å². The molecule has 50 heavy (non-hydrogen) atoms. The Balaban J connectivity index is 3.09. The van der Waals surface area contributed by atoms with Gasteiger partial charge in [-0.15, -0.1) is 0 Å². The van der Waals surface area contributed by atoms with Gasteiger partial charge in [0.05, 0.1) is 132 Å². The van der Waals surface area contributed by atoms with Gasteiger partial charge in [-0.1, -0.05) is 71.1 Å². The molecule has 300 valence electrons. The Bertz CT molecular complexity index is 662. The summed E-state index contributed by atoms with van der Waals surface area (Å²) in [4.78, 5) is 11.6. The molecule has 0 aromatic carbocycles. The van der Waals surface area contributed by atoms with Crippen LogP contribution in [0.3, 0.4) is 0 Å². The van der Waals surface area contributed by atoms with Crippen LogP contribution in [0.15, 0.2) is 0 Å². The Kier molecular flexibility index (Phi) is 40.1. The number of carbonyl (C=O) groups excluding carboxylic acids is 1. The lowest BCUT2D eigenvalue weighted by atomic mass is 10.1. The molecule has 0 heterocycles. The molecule has 0 aromatic heterocycles. The van der Waals surface area contributed by atoms with Gasteiger partial charge >= 0.3 is 5.97 Å². The van der Waals surface area contributed by atoms with Crippen LogP contribution in [0.1, 0.15) is 105 Å². The second kappa shape index (κ2) is 40.8. The monoisotopic (exact) mass is 725 g/mol. The molecule has 12 heteroatoms. The molecule has 0 aliphatic heterocycles. The summed E-state index contributed by atoms with van der Waals surface area (Å²) >= 11 is 0. The van der Waals surface area contributed by atoms with Crippen molar-refractivity contribution in [3.05, 3.63) is 0 Å². The van der Waals surface area contributed by atoms with E-state index in [1.54, 1.807) is 0 Å². The number of carbonyl (C=O) groups is 1. The number of rotatable bonds is 42. The minimum absolute atomic E-state index is 0.236. The summed E-state index contributed by atoms with van der Waals surface area (Å²) in [6.45, 7) is 18.3. The first-order valence-corrected chi connectivity index (χ1v) is 19.4. The molecule has 0 N–H and O–H groups in total. The summed E-state index contributed by atoms with van der Waals surface area (Å²) in [6.07, 6.45) is 15.1. The van der Waals surface area contributed by atoms with Gasteiger partial charge in [0.1, 0.15) is 5.60 Å². The Labute approximate surface area is 305 Å². The lowest BCUT2D eigenvalue weighted by Crippen LogP contribution is -2.24. The molecule has 0 spiro atoms. The quantitative estimate of drug-likeness (QED) is 0.0527. The maximum Gasteiger partial charge on any atom is 0.308 e. The van der Waals surface area contributed by atoms with E-state index < -0.39 is 5.60 Å². The molecule has 0 saturated heterocycles.